The van der Waals surface area contributed by atoms with Crippen LogP contribution in [0.3, 0.4) is 0 Å². The lowest BCUT2D eigenvalue weighted by Crippen LogP contribution is -2.25. The molecule has 2 aromatic carbocycles. The van der Waals surface area contributed by atoms with Gasteiger partial charge in [-0.15, -0.1) is 5.10 Å². The Morgan fingerprint density at radius 1 is 1.08 bits per heavy atom. The number of anilines is 1. The topological polar surface area (TPSA) is 80.0 Å². The number of rotatable bonds is 5. The third kappa shape index (κ3) is 3.31. The van der Waals surface area contributed by atoms with Crippen molar-refractivity contribution in [1.29, 1.82) is 0 Å². The minimum absolute atomic E-state index is 0.00387. The zero-order valence-corrected chi connectivity index (χ0v) is 14.7. The summed E-state index contributed by atoms with van der Waals surface area (Å²) in [5.41, 5.74) is 4.75. The van der Waals surface area contributed by atoms with Crippen LogP contribution in [0.4, 0.5) is 6.01 Å². The standard InChI is InChI=1S/C20H20N4O2/c1-12-3-4-15(18(25)22-16-9-10-16)11-17(12)13-5-7-14(8-6-13)19-23-24-20(21-2)26-19/h3-8,11,16H,9-10H2,1-2H3,(H,21,24)(H,22,25). The molecule has 1 aliphatic carbocycles. The number of hydrogen-bond donors (Lipinski definition) is 2. The summed E-state index contributed by atoms with van der Waals surface area (Å²) in [4.78, 5) is 12.3. The highest BCUT2D eigenvalue weighted by Gasteiger charge is 2.24. The average molecular weight is 348 g/mol. The molecule has 1 heterocycles. The van der Waals surface area contributed by atoms with E-state index < -0.39 is 0 Å². The highest BCUT2D eigenvalue weighted by molar-refractivity contribution is 5.96. The predicted octanol–water partition coefficient (Wildman–Crippen LogP) is 3.65. The molecule has 3 aromatic rings. The molecule has 6 heteroatoms. The summed E-state index contributed by atoms with van der Waals surface area (Å²) in [6.07, 6.45) is 2.16. The monoisotopic (exact) mass is 348 g/mol. The largest absolute Gasteiger partial charge is 0.403 e. The Labute approximate surface area is 151 Å². The molecule has 26 heavy (non-hydrogen) atoms. The van der Waals surface area contributed by atoms with Gasteiger partial charge in [0.1, 0.15) is 0 Å². The molecule has 1 fully saturated rings. The van der Waals surface area contributed by atoms with Crippen LogP contribution in [0.25, 0.3) is 22.6 Å². The molecule has 0 saturated heterocycles. The normalized spacial score (nSPS) is 13.5. The Morgan fingerprint density at radius 3 is 2.46 bits per heavy atom. The first-order valence-corrected chi connectivity index (χ1v) is 8.67. The quantitative estimate of drug-likeness (QED) is 0.736. The SMILES string of the molecule is CNc1nnc(-c2ccc(-c3cc(C(=O)NC4CC4)ccc3C)cc2)o1. The number of hydrogen-bond acceptors (Lipinski definition) is 5. The van der Waals surface area contributed by atoms with Crippen LogP contribution >= 0.6 is 0 Å². The van der Waals surface area contributed by atoms with Gasteiger partial charge in [0.25, 0.3) is 5.91 Å². The van der Waals surface area contributed by atoms with Crippen molar-refractivity contribution < 1.29 is 9.21 Å². The van der Waals surface area contributed by atoms with Gasteiger partial charge in [-0.05, 0) is 60.7 Å². The molecule has 6 nitrogen and oxygen atoms in total. The van der Waals surface area contributed by atoms with Crippen molar-refractivity contribution in [3.05, 3.63) is 53.6 Å². The van der Waals surface area contributed by atoms with Crippen molar-refractivity contribution in [3.63, 3.8) is 0 Å². The minimum atomic E-state index is -0.00387. The van der Waals surface area contributed by atoms with E-state index in [9.17, 15) is 4.79 Å². The molecule has 0 aliphatic heterocycles. The van der Waals surface area contributed by atoms with E-state index in [0.29, 0.717) is 23.5 Å². The Morgan fingerprint density at radius 2 is 1.81 bits per heavy atom. The van der Waals surface area contributed by atoms with E-state index in [1.54, 1.807) is 7.05 Å². The Balaban J connectivity index is 1.61. The van der Waals surface area contributed by atoms with Gasteiger partial charge in [-0.25, -0.2) is 0 Å². The third-order valence-corrected chi connectivity index (χ3v) is 4.49. The van der Waals surface area contributed by atoms with E-state index in [0.717, 1.165) is 35.1 Å². The molecule has 0 bridgehead atoms. The summed E-state index contributed by atoms with van der Waals surface area (Å²) in [5, 5.41) is 13.8. The van der Waals surface area contributed by atoms with E-state index in [4.69, 9.17) is 4.42 Å². The number of amides is 1. The maximum atomic E-state index is 12.3. The predicted molar refractivity (Wildman–Crippen MR) is 99.9 cm³/mol. The third-order valence-electron chi connectivity index (χ3n) is 4.49. The molecule has 2 N–H and O–H groups in total. The van der Waals surface area contributed by atoms with Crippen LogP contribution in [0, 0.1) is 6.92 Å². The van der Waals surface area contributed by atoms with Gasteiger partial charge >= 0.3 is 6.01 Å². The van der Waals surface area contributed by atoms with Crippen LogP contribution in [0.15, 0.2) is 46.9 Å². The molecule has 4 rings (SSSR count). The van der Waals surface area contributed by atoms with E-state index >= 15 is 0 Å². The number of nitrogens with one attached hydrogen (secondary N) is 2. The highest BCUT2D eigenvalue weighted by atomic mass is 16.4. The Kier molecular flexibility index (Phi) is 4.16. The van der Waals surface area contributed by atoms with Crippen LogP contribution in [0.1, 0.15) is 28.8 Å². The number of carbonyl (C=O) groups is 1. The van der Waals surface area contributed by atoms with Gasteiger partial charge in [0.05, 0.1) is 0 Å². The molecule has 0 radical (unpaired) electrons. The molecule has 0 unspecified atom stereocenters. The number of benzene rings is 2. The molecule has 0 spiro atoms. The molecule has 0 atom stereocenters. The second kappa shape index (κ2) is 6.63. The van der Waals surface area contributed by atoms with Crippen LogP contribution in [0.5, 0.6) is 0 Å². The summed E-state index contributed by atoms with van der Waals surface area (Å²) in [5.74, 6) is 0.464. The lowest BCUT2D eigenvalue weighted by Gasteiger charge is -2.10. The fourth-order valence-corrected chi connectivity index (χ4v) is 2.80. The van der Waals surface area contributed by atoms with Gasteiger partial charge in [-0.1, -0.05) is 23.3 Å². The zero-order chi connectivity index (χ0) is 18.1. The van der Waals surface area contributed by atoms with E-state index in [1.165, 1.54) is 0 Å². The smallest absolute Gasteiger partial charge is 0.315 e. The first kappa shape index (κ1) is 16.3. The van der Waals surface area contributed by atoms with E-state index in [1.807, 2.05) is 49.4 Å². The second-order valence-electron chi connectivity index (χ2n) is 6.52. The van der Waals surface area contributed by atoms with Crippen molar-refractivity contribution in [2.24, 2.45) is 0 Å². The number of carbonyl (C=O) groups excluding carboxylic acids is 1. The van der Waals surface area contributed by atoms with Crippen LogP contribution in [0.2, 0.25) is 0 Å². The highest BCUT2D eigenvalue weighted by Crippen LogP contribution is 2.28. The van der Waals surface area contributed by atoms with Gasteiger partial charge in [0, 0.05) is 24.2 Å². The van der Waals surface area contributed by atoms with Crippen LogP contribution < -0.4 is 10.6 Å². The minimum Gasteiger partial charge on any atom is -0.403 e. The van der Waals surface area contributed by atoms with Crippen LogP contribution in [-0.2, 0) is 0 Å². The summed E-state index contributed by atoms with van der Waals surface area (Å²) >= 11 is 0. The van der Waals surface area contributed by atoms with Gasteiger partial charge in [0.15, 0.2) is 0 Å². The first-order chi connectivity index (χ1) is 12.6. The van der Waals surface area contributed by atoms with Crippen molar-refractivity contribution in [1.82, 2.24) is 15.5 Å². The number of nitrogens with zero attached hydrogens (tertiary/aromatic N) is 2. The van der Waals surface area contributed by atoms with Gasteiger partial charge in [-0.3, -0.25) is 4.79 Å². The van der Waals surface area contributed by atoms with Crippen molar-refractivity contribution >= 4 is 11.9 Å². The summed E-state index contributed by atoms with van der Waals surface area (Å²) < 4.78 is 5.50. The summed E-state index contributed by atoms with van der Waals surface area (Å²) in [6.45, 7) is 2.04. The van der Waals surface area contributed by atoms with Crippen molar-refractivity contribution in [2.45, 2.75) is 25.8 Å². The second-order valence-corrected chi connectivity index (χ2v) is 6.52. The lowest BCUT2D eigenvalue weighted by atomic mass is 9.97. The number of aryl methyl sites for hydroxylation is 1. The molecule has 1 aromatic heterocycles. The van der Waals surface area contributed by atoms with Gasteiger partial charge in [0.2, 0.25) is 5.89 Å². The van der Waals surface area contributed by atoms with Crippen molar-refractivity contribution in [2.75, 3.05) is 12.4 Å². The molecular formula is C20H20N4O2. The number of aromatic nitrogens is 2. The molecule has 1 amide bonds. The summed E-state index contributed by atoms with van der Waals surface area (Å²) in [6, 6.07) is 14.4. The average Bonchev–Trinajstić information content (AvgIpc) is 3.34. The first-order valence-electron chi connectivity index (χ1n) is 8.67. The lowest BCUT2D eigenvalue weighted by molar-refractivity contribution is 0.0951. The maximum Gasteiger partial charge on any atom is 0.315 e. The Hall–Kier alpha value is -3.15. The molecule has 1 saturated carbocycles. The van der Waals surface area contributed by atoms with Crippen LogP contribution in [-0.4, -0.2) is 29.2 Å². The molecule has 132 valence electrons. The maximum absolute atomic E-state index is 12.3. The van der Waals surface area contributed by atoms with E-state index in [-0.39, 0.29) is 5.91 Å². The van der Waals surface area contributed by atoms with Crippen molar-refractivity contribution in [3.8, 4) is 22.6 Å². The van der Waals surface area contributed by atoms with E-state index in [2.05, 4.69) is 20.8 Å². The Bertz CT molecular complexity index is 943. The summed E-state index contributed by atoms with van der Waals surface area (Å²) in [7, 11) is 1.73. The molecule has 1 aliphatic rings. The van der Waals surface area contributed by atoms with Gasteiger partial charge < -0.3 is 15.1 Å². The fourth-order valence-electron chi connectivity index (χ4n) is 2.80. The van der Waals surface area contributed by atoms with Gasteiger partial charge in [-0.2, -0.15) is 0 Å². The molecular weight excluding hydrogens is 328 g/mol. The zero-order valence-electron chi connectivity index (χ0n) is 14.7. The fraction of sp³-hybridized carbons (Fsp3) is 0.250.